The van der Waals surface area contributed by atoms with Crippen molar-refractivity contribution in [2.24, 2.45) is 0 Å². The Bertz CT molecular complexity index is 1220. The minimum atomic E-state index is -0.582. The predicted octanol–water partition coefficient (Wildman–Crippen LogP) is 4.87. The molecule has 3 aromatic rings. The van der Waals surface area contributed by atoms with E-state index >= 15 is 0 Å². The van der Waals surface area contributed by atoms with Crippen molar-refractivity contribution in [2.45, 2.75) is 52.1 Å². The summed E-state index contributed by atoms with van der Waals surface area (Å²) in [7, 11) is 0. The van der Waals surface area contributed by atoms with Gasteiger partial charge < -0.3 is 20.1 Å². The molecule has 35 heavy (non-hydrogen) atoms. The lowest BCUT2D eigenvalue weighted by atomic mass is 9.88. The number of carbonyl (C=O) groups excluding carboxylic acids is 1. The fourth-order valence-electron chi connectivity index (χ4n) is 3.99. The lowest BCUT2D eigenvalue weighted by Crippen LogP contribution is -2.41. The molecule has 0 saturated carbocycles. The van der Waals surface area contributed by atoms with E-state index in [0.29, 0.717) is 42.8 Å². The minimum absolute atomic E-state index is 0.00184. The number of hydrogen-bond acceptors (Lipinski definition) is 8. The molecule has 10 heteroatoms. The number of carbonyl (C=O) groups is 1. The van der Waals surface area contributed by atoms with Gasteiger partial charge in [-0.15, -0.1) is 0 Å². The summed E-state index contributed by atoms with van der Waals surface area (Å²) >= 11 is 0. The first kappa shape index (κ1) is 24.3. The molecule has 4 rings (SSSR count). The highest BCUT2D eigenvalue weighted by Crippen LogP contribution is 2.38. The predicted molar refractivity (Wildman–Crippen MR) is 128 cm³/mol. The minimum Gasteiger partial charge on any atom is -0.444 e. The maximum absolute atomic E-state index is 15.0. The number of likely N-dealkylation sites (tertiary alicyclic amines) is 1. The first-order chi connectivity index (χ1) is 16.6. The van der Waals surface area contributed by atoms with Gasteiger partial charge in [-0.05, 0) is 64.3 Å². The van der Waals surface area contributed by atoms with Crippen LogP contribution in [0.3, 0.4) is 0 Å². The van der Waals surface area contributed by atoms with Crippen molar-refractivity contribution in [1.29, 1.82) is 0 Å². The molecule has 0 aliphatic carbocycles. The lowest BCUT2D eigenvalue weighted by molar-refractivity contribution is 0.0204. The third-order valence-corrected chi connectivity index (χ3v) is 5.63. The highest BCUT2D eigenvalue weighted by atomic mass is 19.1. The van der Waals surface area contributed by atoms with Gasteiger partial charge in [0.05, 0.1) is 5.69 Å². The second kappa shape index (κ2) is 9.81. The standard InChI is InChI=1S/C25H29FN6O3/c1-15-7-10-28-23(31-15)34-19-6-5-17(13-18(19)26)20-21(29-14-30-22(20)27)16-8-11-32(12-9-16)24(33)35-25(2,3)4/h5-7,10,13-14,16H,8-9,11-12H2,1-4H3,(H2,27,29,30). The Balaban J connectivity index is 1.54. The highest BCUT2D eigenvalue weighted by molar-refractivity contribution is 5.77. The van der Waals surface area contributed by atoms with Gasteiger partial charge in [0.1, 0.15) is 17.7 Å². The molecule has 9 nitrogen and oxygen atoms in total. The third kappa shape index (κ3) is 5.82. The largest absolute Gasteiger partial charge is 0.444 e. The van der Waals surface area contributed by atoms with Crippen LogP contribution in [-0.2, 0) is 4.74 Å². The van der Waals surface area contributed by atoms with Crippen molar-refractivity contribution in [3.8, 4) is 22.9 Å². The molecule has 3 heterocycles. The number of amides is 1. The maximum Gasteiger partial charge on any atom is 0.410 e. The molecule has 1 amide bonds. The van der Waals surface area contributed by atoms with E-state index in [-0.39, 0.29) is 29.6 Å². The maximum atomic E-state index is 15.0. The molecule has 0 unspecified atom stereocenters. The number of anilines is 1. The molecular weight excluding hydrogens is 451 g/mol. The molecule has 2 N–H and O–H groups in total. The van der Waals surface area contributed by atoms with Crippen molar-refractivity contribution >= 4 is 11.9 Å². The van der Waals surface area contributed by atoms with Gasteiger partial charge >= 0.3 is 12.1 Å². The summed E-state index contributed by atoms with van der Waals surface area (Å²) in [5, 5.41) is 0. The number of aromatic nitrogens is 4. The number of ether oxygens (including phenoxy) is 2. The van der Waals surface area contributed by atoms with E-state index in [0.717, 1.165) is 5.69 Å². The quantitative estimate of drug-likeness (QED) is 0.562. The van der Waals surface area contributed by atoms with E-state index < -0.39 is 11.4 Å². The van der Waals surface area contributed by atoms with E-state index in [4.69, 9.17) is 15.2 Å². The van der Waals surface area contributed by atoms with Gasteiger partial charge in [0.25, 0.3) is 0 Å². The number of aryl methyl sites for hydroxylation is 1. The number of rotatable bonds is 4. The molecule has 0 spiro atoms. The average molecular weight is 481 g/mol. The normalized spacial score (nSPS) is 14.6. The summed E-state index contributed by atoms with van der Waals surface area (Å²) < 4.78 is 26.0. The Morgan fingerprint density at radius 3 is 2.54 bits per heavy atom. The van der Waals surface area contributed by atoms with E-state index in [1.807, 2.05) is 20.8 Å². The molecule has 0 atom stereocenters. The molecule has 184 valence electrons. The van der Waals surface area contributed by atoms with Gasteiger partial charge in [-0.1, -0.05) is 6.07 Å². The van der Waals surface area contributed by atoms with Crippen LogP contribution in [0.4, 0.5) is 15.0 Å². The SMILES string of the molecule is Cc1ccnc(Oc2ccc(-c3c(N)ncnc3C3CCN(C(=O)OC(C)(C)C)CC3)cc2F)n1. The summed E-state index contributed by atoms with van der Waals surface area (Å²) in [6, 6.07) is 6.36. The molecule has 0 bridgehead atoms. The van der Waals surface area contributed by atoms with Gasteiger partial charge in [0, 0.05) is 36.5 Å². The molecule has 1 fully saturated rings. The lowest BCUT2D eigenvalue weighted by Gasteiger charge is -2.33. The van der Waals surface area contributed by atoms with E-state index in [1.54, 1.807) is 30.2 Å². The van der Waals surface area contributed by atoms with Crippen LogP contribution in [0, 0.1) is 12.7 Å². The highest BCUT2D eigenvalue weighted by Gasteiger charge is 2.30. The number of hydrogen-bond donors (Lipinski definition) is 1. The van der Waals surface area contributed by atoms with E-state index in [2.05, 4.69) is 19.9 Å². The summed E-state index contributed by atoms with van der Waals surface area (Å²) in [6.07, 6.45) is 3.99. The zero-order valence-electron chi connectivity index (χ0n) is 20.3. The summed E-state index contributed by atoms with van der Waals surface area (Å²) in [4.78, 5) is 30.9. The van der Waals surface area contributed by atoms with E-state index in [9.17, 15) is 9.18 Å². The molecule has 1 aliphatic heterocycles. The molecular formula is C25H29FN6O3. The van der Waals surface area contributed by atoms with Gasteiger partial charge in [0.15, 0.2) is 11.6 Å². The second-order valence-corrected chi connectivity index (χ2v) is 9.49. The Kier molecular flexibility index (Phi) is 6.81. The summed E-state index contributed by atoms with van der Waals surface area (Å²) in [6.45, 7) is 8.39. The van der Waals surface area contributed by atoms with Gasteiger partial charge in [-0.3, -0.25) is 0 Å². The zero-order chi connectivity index (χ0) is 25.2. The van der Waals surface area contributed by atoms with Gasteiger partial charge in [-0.2, -0.15) is 0 Å². The second-order valence-electron chi connectivity index (χ2n) is 9.49. The molecule has 1 aromatic carbocycles. The van der Waals surface area contributed by atoms with Crippen LogP contribution in [0.1, 0.15) is 50.9 Å². The van der Waals surface area contributed by atoms with Gasteiger partial charge in [-0.25, -0.2) is 29.1 Å². The molecule has 1 saturated heterocycles. The number of nitrogens with zero attached hydrogens (tertiary/aromatic N) is 5. The number of piperidine rings is 1. The van der Waals surface area contributed by atoms with Crippen LogP contribution in [-0.4, -0.2) is 49.6 Å². The van der Waals surface area contributed by atoms with Crippen LogP contribution in [0.15, 0.2) is 36.8 Å². The Labute approximate surface area is 203 Å². The number of benzene rings is 1. The first-order valence-corrected chi connectivity index (χ1v) is 11.5. The fourth-order valence-corrected chi connectivity index (χ4v) is 3.99. The third-order valence-electron chi connectivity index (χ3n) is 5.63. The van der Waals surface area contributed by atoms with Crippen molar-refractivity contribution < 1.29 is 18.7 Å². The first-order valence-electron chi connectivity index (χ1n) is 11.5. The van der Waals surface area contributed by atoms with Crippen LogP contribution in [0.2, 0.25) is 0 Å². The molecule has 1 aliphatic rings. The zero-order valence-corrected chi connectivity index (χ0v) is 20.3. The monoisotopic (exact) mass is 480 g/mol. The van der Waals surface area contributed by atoms with Gasteiger partial charge in [0.2, 0.25) is 0 Å². The number of nitrogen functional groups attached to an aromatic ring is 1. The average Bonchev–Trinajstić information content (AvgIpc) is 2.79. The van der Waals surface area contributed by atoms with Crippen molar-refractivity contribution in [3.63, 3.8) is 0 Å². The van der Waals surface area contributed by atoms with Crippen LogP contribution >= 0.6 is 0 Å². The Morgan fingerprint density at radius 2 is 1.89 bits per heavy atom. The van der Waals surface area contributed by atoms with Crippen LogP contribution < -0.4 is 10.5 Å². The molecule has 0 radical (unpaired) electrons. The van der Waals surface area contributed by atoms with E-state index in [1.165, 1.54) is 18.5 Å². The van der Waals surface area contributed by atoms with Crippen molar-refractivity contribution in [3.05, 3.63) is 54.0 Å². The van der Waals surface area contributed by atoms with Crippen LogP contribution in [0.5, 0.6) is 11.8 Å². The molecule has 2 aromatic heterocycles. The van der Waals surface area contributed by atoms with Crippen molar-refractivity contribution in [1.82, 2.24) is 24.8 Å². The Morgan fingerprint density at radius 1 is 1.14 bits per heavy atom. The smallest absolute Gasteiger partial charge is 0.410 e. The Hall–Kier alpha value is -3.82. The summed E-state index contributed by atoms with van der Waals surface area (Å²) in [5.74, 6) is -0.281. The van der Waals surface area contributed by atoms with Crippen molar-refractivity contribution in [2.75, 3.05) is 18.8 Å². The summed E-state index contributed by atoms with van der Waals surface area (Å²) in [5.41, 5.74) is 8.25. The number of halogens is 1. The van der Waals surface area contributed by atoms with Crippen LogP contribution in [0.25, 0.3) is 11.1 Å². The fraction of sp³-hybridized carbons (Fsp3) is 0.400. The number of nitrogens with two attached hydrogens (primary N) is 1. The topological polar surface area (TPSA) is 116 Å².